The van der Waals surface area contributed by atoms with E-state index in [-0.39, 0.29) is 6.09 Å². The second kappa shape index (κ2) is 9.16. The van der Waals surface area contributed by atoms with Crippen molar-refractivity contribution in [2.75, 3.05) is 26.8 Å². The molecule has 0 radical (unpaired) electrons. The summed E-state index contributed by atoms with van der Waals surface area (Å²) < 4.78 is 10.2. The number of hydrogen-bond acceptors (Lipinski definition) is 4. The van der Waals surface area contributed by atoms with Crippen molar-refractivity contribution in [1.82, 2.24) is 10.6 Å². The fourth-order valence-corrected chi connectivity index (χ4v) is 1.42. The Labute approximate surface area is 111 Å². The molecule has 0 aromatic rings. The molecule has 108 valence electrons. The van der Waals surface area contributed by atoms with Crippen LogP contribution in [-0.4, -0.2) is 44.5 Å². The van der Waals surface area contributed by atoms with E-state index in [2.05, 4.69) is 17.6 Å². The minimum absolute atomic E-state index is 0.355. The maximum Gasteiger partial charge on any atom is 0.407 e. The van der Waals surface area contributed by atoms with Crippen LogP contribution in [0.2, 0.25) is 0 Å². The van der Waals surface area contributed by atoms with Crippen molar-refractivity contribution in [2.45, 2.75) is 52.2 Å². The van der Waals surface area contributed by atoms with Gasteiger partial charge in [-0.25, -0.2) is 4.79 Å². The third kappa shape index (κ3) is 10.4. The number of alkyl carbamates (subject to hydrolysis) is 1. The average molecular weight is 260 g/mol. The Bertz CT molecular complexity index is 227. The fourth-order valence-electron chi connectivity index (χ4n) is 1.42. The van der Waals surface area contributed by atoms with E-state index < -0.39 is 5.60 Å². The number of methoxy groups -OCH3 is 1. The van der Waals surface area contributed by atoms with Crippen molar-refractivity contribution in [3.63, 3.8) is 0 Å². The topological polar surface area (TPSA) is 59.6 Å². The molecule has 0 aliphatic carbocycles. The van der Waals surface area contributed by atoms with E-state index in [1.807, 2.05) is 20.8 Å². The van der Waals surface area contributed by atoms with Gasteiger partial charge in [-0.15, -0.1) is 0 Å². The van der Waals surface area contributed by atoms with Crippen LogP contribution in [0.1, 0.15) is 40.5 Å². The van der Waals surface area contributed by atoms with Crippen molar-refractivity contribution < 1.29 is 14.3 Å². The van der Waals surface area contributed by atoms with Crippen molar-refractivity contribution >= 4 is 6.09 Å². The first-order chi connectivity index (χ1) is 8.39. The number of ether oxygens (including phenoxy) is 2. The first-order valence-corrected chi connectivity index (χ1v) is 6.58. The maximum absolute atomic E-state index is 11.3. The van der Waals surface area contributed by atoms with E-state index in [1.165, 1.54) is 0 Å². The van der Waals surface area contributed by atoms with Gasteiger partial charge >= 0.3 is 6.09 Å². The first-order valence-electron chi connectivity index (χ1n) is 6.58. The van der Waals surface area contributed by atoms with Gasteiger partial charge in [-0.1, -0.05) is 6.92 Å². The van der Waals surface area contributed by atoms with E-state index in [9.17, 15) is 4.79 Å². The summed E-state index contributed by atoms with van der Waals surface area (Å²) in [5.41, 5.74) is -0.436. The van der Waals surface area contributed by atoms with Crippen LogP contribution >= 0.6 is 0 Å². The highest BCUT2D eigenvalue weighted by molar-refractivity contribution is 5.67. The molecule has 5 nitrogen and oxygen atoms in total. The summed E-state index contributed by atoms with van der Waals surface area (Å²) in [6.07, 6.45) is 1.55. The monoisotopic (exact) mass is 260 g/mol. The standard InChI is InChI=1S/C13H28N2O3/c1-6-11(10-17-5)14-8-7-9-15-12(16)18-13(2,3)4/h11,14H,6-10H2,1-5H3,(H,15,16). The minimum Gasteiger partial charge on any atom is -0.444 e. The van der Waals surface area contributed by atoms with E-state index >= 15 is 0 Å². The molecule has 0 aliphatic heterocycles. The van der Waals surface area contributed by atoms with Gasteiger partial charge in [0.05, 0.1) is 6.61 Å². The molecule has 0 saturated heterocycles. The number of hydrogen-bond donors (Lipinski definition) is 2. The molecule has 0 rings (SSSR count). The van der Waals surface area contributed by atoms with Gasteiger partial charge in [-0.05, 0) is 40.2 Å². The number of rotatable bonds is 8. The van der Waals surface area contributed by atoms with Crippen molar-refractivity contribution in [2.24, 2.45) is 0 Å². The molecule has 0 heterocycles. The lowest BCUT2D eigenvalue weighted by molar-refractivity contribution is 0.0527. The molecule has 5 heteroatoms. The Balaban J connectivity index is 3.53. The van der Waals surface area contributed by atoms with Crippen LogP contribution in [0.5, 0.6) is 0 Å². The minimum atomic E-state index is -0.436. The first kappa shape index (κ1) is 17.2. The zero-order valence-electron chi connectivity index (χ0n) is 12.3. The average Bonchev–Trinajstić information content (AvgIpc) is 2.24. The van der Waals surface area contributed by atoms with Gasteiger partial charge in [0.1, 0.15) is 5.60 Å². The van der Waals surface area contributed by atoms with Gasteiger partial charge < -0.3 is 20.1 Å². The number of carbonyl (C=O) groups is 1. The van der Waals surface area contributed by atoms with Gasteiger partial charge in [0.15, 0.2) is 0 Å². The lowest BCUT2D eigenvalue weighted by Crippen LogP contribution is -2.36. The SMILES string of the molecule is CCC(COC)NCCCNC(=O)OC(C)(C)C. The summed E-state index contributed by atoms with van der Waals surface area (Å²) in [6.45, 7) is 9.87. The summed E-state index contributed by atoms with van der Waals surface area (Å²) in [7, 11) is 1.70. The zero-order valence-corrected chi connectivity index (χ0v) is 12.3. The normalized spacial score (nSPS) is 13.2. The fraction of sp³-hybridized carbons (Fsp3) is 0.923. The second-order valence-corrected chi connectivity index (χ2v) is 5.30. The summed E-state index contributed by atoms with van der Waals surface area (Å²) in [4.78, 5) is 11.3. The van der Waals surface area contributed by atoms with Crippen LogP contribution in [0.15, 0.2) is 0 Å². The number of carbonyl (C=O) groups excluding carboxylic acids is 1. The Morgan fingerprint density at radius 2 is 1.94 bits per heavy atom. The maximum atomic E-state index is 11.3. The van der Waals surface area contributed by atoms with Gasteiger partial charge in [-0.3, -0.25) is 0 Å². The summed E-state index contributed by atoms with van der Waals surface area (Å²) in [6, 6.07) is 0.386. The molecule has 0 bridgehead atoms. The van der Waals surface area contributed by atoms with Crippen LogP contribution in [0, 0.1) is 0 Å². The van der Waals surface area contributed by atoms with Crippen molar-refractivity contribution in [1.29, 1.82) is 0 Å². The van der Waals surface area contributed by atoms with Gasteiger partial charge in [0, 0.05) is 19.7 Å². The molecule has 0 aromatic carbocycles. The highest BCUT2D eigenvalue weighted by Crippen LogP contribution is 2.06. The Morgan fingerprint density at radius 1 is 1.28 bits per heavy atom. The van der Waals surface area contributed by atoms with E-state index in [4.69, 9.17) is 9.47 Å². The van der Waals surface area contributed by atoms with Crippen molar-refractivity contribution in [3.8, 4) is 0 Å². The molecular weight excluding hydrogens is 232 g/mol. The molecule has 2 N–H and O–H groups in total. The van der Waals surface area contributed by atoms with Crippen LogP contribution in [0.3, 0.4) is 0 Å². The molecule has 0 saturated carbocycles. The molecule has 18 heavy (non-hydrogen) atoms. The molecule has 1 unspecified atom stereocenters. The Morgan fingerprint density at radius 3 is 2.44 bits per heavy atom. The highest BCUT2D eigenvalue weighted by Gasteiger charge is 2.15. The Hall–Kier alpha value is -0.810. The molecule has 0 fully saturated rings. The van der Waals surface area contributed by atoms with E-state index in [0.717, 1.165) is 26.0 Å². The molecule has 1 amide bonds. The van der Waals surface area contributed by atoms with Crippen LogP contribution in [0.25, 0.3) is 0 Å². The lowest BCUT2D eigenvalue weighted by Gasteiger charge is -2.20. The lowest BCUT2D eigenvalue weighted by atomic mass is 10.2. The molecule has 1 atom stereocenters. The van der Waals surface area contributed by atoms with Gasteiger partial charge in [0.25, 0.3) is 0 Å². The summed E-state index contributed by atoms with van der Waals surface area (Å²) in [5.74, 6) is 0. The summed E-state index contributed by atoms with van der Waals surface area (Å²) >= 11 is 0. The predicted molar refractivity (Wildman–Crippen MR) is 72.8 cm³/mol. The third-order valence-corrected chi connectivity index (χ3v) is 2.32. The van der Waals surface area contributed by atoms with Crippen molar-refractivity contribution in [3.05, 3.63) is 0 Å². The molecule has 0 aliphatic rings. The highest BCUT2D eigenvalue weighted by atomic mass is 16.6. The molecular formula is C13H28N2O3. The second-order valence-electron chi connectivity index (χ2n) is 5.30. The Kier molecular flexibility index (Phi) is 8.75. The quantitative estimate of drug-likeness (QED) is 0.655. The zero-order chi connectivity index (χ0) is 14.0. The van der Waals surface area contributed by atoms with Gasteiger partial charge in [-0.2, -0.15) is 0 Å². The van der Waals surface area contributed by atoms with Crippen LogP contribution in [-0.2, 0) is 9.47 Å². The van der Waals surface area contributed by atoms with Gasteiger partial charge in [0.2, 0.25) is 0 Å². The molecule has 0 spiro atoms. The smallest absolute Gasteiger partial charge is 0.407 e. The predicted octanol–water partition coefficient (Wildman–Crippen LogP) is 1.92. The van der Waals surface area contributed by atoms with Crippen LogP contribution < -0.4 is 10.6 Å². The number of nitrogens with one attached hydrogen (secondary N) is 2. The largest absolute Gasteiger partial charge is 0.444 e. The van der Waals surface area contributed by atoms with Crippen LogP contribution in [0.4, 0.5) is 4.79 Å². The van der Waals surface area contributed by atoms with E-state index in [0.29, 0.717) is 12.6 Å². The van der Waals surface area contributed by atoms with E-state index in [1.54, 1.807) is 7.11 Å². The summed E-state index contributed by atoms with van der Waals surface area (Å²) in [5, 5.41) is 6.11. The third-order valence-electron chi connectivity index (χ3n) is 2.32. The molecule has 0 aromatic heterocycles. The number of amides is 1.